The molecule has 1 fully saturated rings. The van der Waals surface area contributed by atoms with E-state index in [0.29, 0.717) is 18.7 Å². The maximum absolute atomic E-state index is 13.6. The number of carbonyl (C=O) groups excluding carboxylic acids is 1. The van der Waals surface area contributed by atoms with Crippen LogP contribution in [-0.2, 0) is 11.3 Å². The number of carbonyl (C=O) groups is 1. The summed E-state index contributed by atoms with van der Waals surface area (Å²) in [6.45, 7) is 3.60. The average molecular weight is 355 g/mol. The van der Waals surface area contributed by atoms with Crippen LogP contribution in [0.4, 0.5) is 9.52 Å². The summed E-state index contributed by atoms with van der Waals surface area (Å²) in [4.78, 5) is 19.0. The van der Waals surface area contributed by atoms with Crippen molar-refractivity contribution < 1.29 is 9.18 Å². The summed E-state index contributed by atoms with van der Waals surface area (Å²) in [6, 6.07) is 12.7. The van der Waals surface area contributed by atoms with E-state index >= 15 is 0 Å². The molecule has 128 valence electrons. The lowest BCUT2D eigenvalue weighted by atomic mass is 10.00. The highest BCUT2D eigenvalue weighted by atomic mass is 32.1. The van der Waals surface area contributed by atoms with Crippen molar-refractivity contribution in [2.45, 2.75) is 13.5 Å². The first-order chi connectivity index (χ1) is 12.1. The smallest absolute Gasteiger partial charge is 0.226 e. The van der Waals surface area contributed by atoms with Gasteiger partial charge in [0.1, 0.15) is 5.82 Å². The quantitative estimate of drug-likeness (QED) is 0.779. The summed E-state index contributed by atoms with van der Waals surface area (Å²) in [5.41, 5.74) is 2.73. The molecule has 0 spiro atoms. The molecular weight excluding hydrogens is 337 g/mol. The molecule has 1 aliphatic heterocycles. The van der Waals surface area contributed by atoms with Crippen molar-refractivity contribution in [1.29, 1.82) is 0 Å². The van der Waals surface area contributed by atoms with Crippen LogP contribution in [0, 0.1) is 18.7 Å². The maximum atomic E-state index is 13.6. The number of amides is 1. The summed E-state index contributed by atoms with van der Waals surface area (Å²) in [6.07, 6.45) is 0. The van der Waals surface area contributed by atoms with Gasteiger partial charge in [-0.05, 0) is 30.7 Å². The monoisotopic (exact) mass is 355 g/mol. The first-order valence-electron chi connectivity index (χ1n) is 8.23. The topological polar surface area (TPSA) is 45.2 Å². The Morgan fingerprint density at radius 3 is 2.92 bits per heavy atom. The number of aryl methyl sites for hydroxylation is 1. The summed E-state index contributed by atoms with van der Waals surface area (Å²) in [5, 5.41) is 3.78. The zero-order valence-corrected chi connectivity index (χ0v) is 14.6. The van der Waals surface area contributed by atoms with Gasteiger partial charge in [0, 0.05) is 25.2 Å². The van der Waals surface area contributed by atoms with Crippen molar-refractivity contribution >= 4 is 32.6 Å². The van der Waals surface area contributed by atoms with Gasteiger partial charge in [-0.15, -0.1) is 0 Å². The standard InChI is InChI=1S/C19H18FN3OS/c1-12-6-7-16-17(8-12)25-19(22-16)23-10-14(11-23)18(24)21-9-13-4-2-3-5-15(13)20/h2-8,14H,9-11H2,1H3,(H,21,24). The molecule has 2 aromatic carbocycles. The number of nitrogens with one attached hydrogen (secondary N) is 1. The zero-order chi connectivity index (χ0) is 17.4. The van der Waals surface area contributed by atoms with E-state index in [-0.39, 0.29) is 24.2 Å². The minimum absolute atomic E-state index is 0.0311. The van der Waals surface area contributed by atoms with Gasteiger partial charge in [0.05, 0.1) is 16.1 Å². The second kappa shape index (κ2) is 6.44. The predicted molar refractivity (Wildman–Crippen MR) is 98.3 cm³/mol. The van der Waals surface area contributed by atoms with Crippen molar-refractivity contribution in [3.05, 3.63) is 59.4 Å². The van der Waals surface area contributed by atoms with Gasteiger partial charge < -0.3 is 10.2 Å². The normalized spacial score (nSPS) is 14.6. The third-order valence-electron chi connectivity index (χ3n) is 4.47. The van der Waals surface area contributed by atoms with Crippen molar-refractivity contribution in [2.24, 2.45) is 5.92 Å². The zero-order valence-electron chi connectivity index (χ0n) is 13.8. The molecule has 3 aromatic rings. The Kier molecular flexibility index (Phi) is 4.13. The molecule has 6 heteroatoms. The molecule has 1 saturated heterocycles. The third-order valence-corrected chi connectivity index (χ3v) is 5.55. The van der Waals surface area contributed by atoms with E-state index in [9.17, 15) is 9.18 Å². The van der Waals surface area contributed by atoms with E-state index in [1.165, 1.54) is 16.3 Å². The van der Waals surface area contributed by atoms with Crippen LogP contribution < -0.4 is 10.2 Å². The minimum Gasteiger partial charge on any atom is -0.352 e. The van der Waals surface area contributed by atoms with E-state index < -0.39 is 0 Å². The molecule has 1 aromatic heterocycles. The average Bonchev–Trinajstić information content (AvgIpc) is 2.95. The van der Waals surface area contributed by atoms with Crippen LogP contribution in [0.25, 0.3) is 10.2 Å². The molecule has 0 radical (unpaired) electrons. The van der Waals surface area contributed by atoms with Crippen LogP contribution in [0.5, 0.6) is 0 Å². The van der Waals surface area contributed by atoms with Crippen molar-refractivity contribution in [1.82, 2.24) is 10.3 Å². The molecule has 0 bridgehead atoms. The van der Waals surface area contributed by atoms with Crippen LogP contribution in [0.2, 0.25) is 0 Å². The van der Waals surface area contributed by atoms with Crippen molar-refractivity contribution in [2.75, 3.05) is 18.0 Å². The Balaban J connectivity index is 1.34. The lowest BCUT2D eigenvalue weighted by Gasteiger charge is -2.37. The largest absolute Gasteiger partial charge is 0.352 e. The van der Waals surface area contributed by atoms with E-state index in [0.717, 1.165) is 10.6 Å². The SMILES string of the molecule is Cc1ccc2nc(N3CC(C(=O)NCc4ccccc4F)C3)sc2c1. The Labute approximate surface area is 149 Å². The van der Waals surface area contributed by atoms with E-state index in [2.05, 4.69) is 34.3 Å². The number of rotatable bonds is 4. The highest BCUT2D eigenvalue weighted by Crippen LogP contribution is 2.33. The van der Waals surface area contributed by atoms with Gasteiger partial charge in [0.25, 0.3) is 0 Å². The third kappa shape index (κ3) is 3.22. The van der Waals surface area contributed by atoms with E-state index in [1.807, 2.05) is 6.07 Å². The van der Waals surface area contributed by atoms with Crippen LogP contribution in [0.15, 0.2) is 42.5 Å². The summed E-state index contributed by atoms with van der Waals surface area (Å²) < 4.78 is 14.8. The molecule has 0 saturated carbocycles. The number of hydrogen-bond donors (Lipinski definition) is 1. The molecule has 0 aliphatic carbocycles. The van der Waals surface area contributed by atoms with Gasteiger partial charge in [0.2, 0.25) is 5.91 Å². The fourth-order valence-corrected chi connectivity index (χ4v) is 4.01. The number of anilines is 1. The van der Waals surface area contributed by atoms with Crippen LogP contribution in [0.3, 0.4) is 0 Å². The van der Waals surface area contributed by atoms with Gasteiger partial charge in [-0.2, -0.15) is 0 Å². The van der Waals surface area contributed by atoms with Gasteiger partial charge >= 0.3 is 0 Å². The first kappa shape index (κ1) is 16.0. The van der Waals surface area contributed by atoms with Gasteiger partial charge in [-0.1, -0.05) is 35.6 Å². The number of halogens is 1. The fourth-order valence-electron chi connectivity index (χ4n) is 2.92. The second-order valence-corrected chi connectivity index (χ2v) is 7.39. The van der Waals surface area contributed by atoms with E-state index in [1.54, 1.807) is 29.5 Å². The molecular formula is C19H18FN3OS. The van der Waals surface area contributed by atoms with E-state index in [4.69, 9.17) is 0 Å². The molecule has 2 heterocycles. The van der Waals surface area contributed by atoms with Gasteiger partial charge in [-0.25, -0.2) is 9.37 Å². The lowest BCUT2D eigenvalue weighted by Crippen LogP contribution is -2.53. The predicted octanol–water partition coefficient (Wildman–Crippen LogP) is 3.50. The summed E-state index contributed by atoms with van der Waals surface area (Å²) in [5.74, 6) is -0.389. The number of fused-ring (bicyclic) bond motifs is 1. The van der Waals surface area contributed by atoms with Gasteiger partial charge in [-0.3, -0.25) is 4.79 Å². The summed E-state index contributed by atoms with van der Waals surface area (Å²) >= 11 is 1.65. The number of aromatic nitrogens is 1. The van der Waals surface area contributed by atoms with Gasteiger partial charge in [0.15, 0.2) is 5.13 Å². The highest BCUT2D eigenvalue weighted by Gasteiger charge is 2.34. The highest BCUT2D eigenvalue weighted by molar-refractivity contribution is 7.22. The molecule has 1 N–H and O–H groups in total. The van der Waals surface area contributed by atoms with Crippen molar-refractivity contribution in [3.63, 3.8) is 0 Å². The second-order valence-electron chi connectivity index (χ2n) is 6.38. The van der Waals surface area contributed by atoms with Crippen LogP contribution >= 0.6 is 11.3 Å². The Morgan fingerprint density at radius 2 is 2.12 bits per heavy atom. The Morgan fingerprint density at radius 1 is 1.32 bits per heavy atom. The number of hydrogen-bond acceptors (Lipinski definition) is 4. The Hall–Kier alpha value is -2.47. The first-order valence-corrected chi connectivity index (χ1v) is 9.05. The van der Waals surface area contributed by atoms with Crippen LogP contribution in [-0.4, -0.2) is 24.0 Å². The molecule has 4 nitrogen and oxygen atoms in total. The van der Waals surface area contributed by atoms with Crippen molar-refractivity contribution in [3.8, 4) is 0 Å². The van der Waals surface area contributed by atoms with Crippen LogP contribution in [0.1, 0.15) is 11.1 Å². The molecule has 25 heavy (non-hydrogen) atoms. The molecule has 0 atom stereocenters. The number of benzene rings is 2. The Bertz CT molecular complexity index is 933. The summed E-state index contributed by atoms with van der Waals surface area (Å²) in [7, 11) is 0. The molecule has 0 unspecified atom stereocenters. The molecule has 4 rings (SSSR count). The fraction of sp³-hybridized carbons (Fsp3) is 0.263. The molecule has 1 aliphatic rings. The number of thiazole rings is 1. The number of nitrogens with zero attached hydrogens (tertiary/aromatic N) is 2. The molecule has 1 amide bonds. The lowest BCUT2D eigenvalue weighted by molar-refractivity contribution is -0.125. The maximum Gasteiger partial charge on any atom is 0.226 e. The minimum atomic E-state index is -0.289.